The Morgan fingerprint density at radius 2 is 2.11 bits per heavy atom. The minimum atomic E-state index is -0.871. The Balaban J connectivity index is 1.86. The van der Waals surface area contributed by atoms with E-state index in [0.717, 1.165) is 32.2 Å². The van der Waals surface area contributed by atoms with Gasteiger partial charge in [0.2, 0.25) is 5.91 Å². The van der Waals surface area contributed by atoms with Crippen LogP contribution in [0, 0.1) is 5.92 Å². The number of primary amides is 1. The van der Waals surface area contributed by atoms with Gasteiger partial charge in [-0.3, -0.25) is 4.79 Å². The summed E-state index contributed by atoms with van der Waals surface area (Å²) in [5, 5.41) is 0. The fourth-order valence-electron chi connectivity index (χ4n) is 3.10. The second kappa shape index (κ2) is 4.53. The molecule has 4 N–H and O–H groups in total. The van der Waals surface area contributed by atoms with Crippen LogP contribution >= 0.6 is 0 Å². The molecule has 1 atom stereocenters. The first kappa shape index (κ1) is 12.5. The number of carbonyl (C=O) groups is 1. The summed E-state index contributed by atoms with van der Waals surface area (Å²) in [7, 11) is 0. The number of amides is 1. The van der Waals surface area contributed by atoms with Crippen molar-refractivity contribution >= 4 is 11.6 Å². The van der Waals surface area contributed by atoms with Crippen molar-refractivity contribution in [2.24, 2.45) is 17.4 Å². The molecular formula is C15H21N3O. The lowest BCUT2D eigenvalue weighted by Gasteiger charge is -2.38. The fraction of sp³-hybridized carbons (Fsp3) is 0.533. The van der Waals surface area contributed by atoms with Gasteiger partial charge >= 0.3 is 0 Å². The summed E-state index contributed by atoms with van der Waals surface area (Å²) in [4.78, 5) is 14.0. The van der Waals surface area contributed by atoms with Gasteiger partial charge in [0, 0.05) is 18.8 Å². The zero-order valence-electron chi connectivity index (χ0n) is 11.1. The molecule has 1 amide bonds. The van der Waals surface area contributed by atoms with Crippen molar-refractivity contribution in [2.75, 3.05) is 18.0 Å². The van der Waals surface area contributed by atoms with Crippen LogP contribution in [0.15, 0.2) is 24.3 Å². The van der Waals surface area contributed by atoms with Gasteiger partial charge in [-0.1, -0.05) is 18.2 Å². The first-order valence-electron chi connectivity index (χ1n) is 7.03. The molecule has 3 rings (SSSR count). The minimum Gasteiger partial charge on any atom is -0.369 e. The first-order valence-corrected chi connectivity index (χ1v) is 7.03. The second-order valence-corrected chi connectivity index (χ2v) is 5.83. The predicted molar refractivity (Wildman–Crippen MR) is 75.8 cm³/mol. The lowest BCUT2D eigenvalue weighted by Crippen LogP contribution is -2.61. The number of rotatable bonds is 4. The highest BCUT2D eigenvalue weighted by Gasteiger charge is 2.48. The van der Waals surface area contributed by atoms with Crippen LogP contribution in [0.1, 0.15) is 24.8 Å². The number of anilines is 1. The maximum absolute atomic E-state index is 11.8. The van der Waals surface area contributed by atoms with E-state index in [1.165, 1.54) is 11.3 Å². The Bertz CT molecular complexity index is 498. The van der Waals surface area contributed by atoms with Crippen molar-refractivity contribution in [3.63, 3.8) is 0 Å². The topological polar surface area (TPSA) is 72.3 Å². The molecule has 0 radical (unpaired) electrons. The Hall–Kier alpha value is -1.55. The Morgan fingerprint density at radius 3 is 2.79 bits per heavy atom. The van der Waals surface area contributed by atoms with Crippen molar-refractivity contribution in [2.45, 2.75) is 31.2 Å². The van der Waals surface area contributed by atoms with Gasteiger partial charge in [0.1, 0.15) is 5.54 Å². The fourth-order valence-corrected chi connectivity index (χ4v) is 3.10. The van der Waals surface area contributed by atoms with Crippen molar-refractivity contribution in [3.05, 3.63) is 29.8 Å². The van der Waals surface area contributed by atoms with E-state index >= 15 is 0 Å². The van der Waals surface area contributed by atoms with Crippen molar-refractivity contribution in [1.82, 2.24) is 0 Å². The third-order valence-corrected chi connectivity index (χ3v) is 4.42. The van der Waals surface area contributed by atoms with E-state index in [1.54, 1.807) is 0 Å². The van der Waals surface area contributed by atoms with E-state index in [0.29, 0.717) is 6.54 Å². The highest BCUT2D eigenvalue weighted by molar-refractivity contribution is 5.86. The van der Waals surface area contributed by atoms with Crippen molar-refractivity contribution < 1.29 is 4.79 Å². The largest absolute Gasteiger partial charge is 0.369 e. The third-order valence-electron chi connectivity index (χ3n) is 4.42. The third kappa shape index (κ3) is 2.21. The quantitative estimate of drug-likeness (QED) is 0.848. The molecule has 4 nitrogen and oxygen atoms in total. The average Bonchev–Trinajstić information content (AvgIpc) is 3.23. The number of para-hydroxylation sites is 1. The van der Waals surface area contributed by atoms with Crippen LogP contribution in [0.4, 0.5) is 5.69 Å². The standard InChI is InChI=1S/C15H21N3O/c16-14(19)15(17,12-7-8-12)10-18-9-3-5-11-4-1-2-6-13(11)18/h1-2,4,6,12H,3,5,7-10,17H2,(H2,16,19). The molecule has 102 valence electrons. The first-order chi connectivity index (χ1) is 9.11. The number of carbonyl (C=O) groups excluding carboxylic acids is 1. The zero-order chi connectivity index (χ0) is 13.5. The van der Waals surface area contributed by atoms with Crippen LogP contribution in [0.2, 0.25) is 0 Å². The minimum absolute atomic E-state index is 0.263. The molecule has 1 fully saturated rings. The van der Waals surface area contributed by atoms with Gasteiger partial charge in [-0.2, -0.15) is 0 Å². The van der Waals surface area contributed by atoms with E-state index in [4.69, 9.17) is 11.5 Å². The smallest absolute Gasteiger partial charge is 0.239 e. The molecular weight excluding hydrogens is 238 g/mol. The molecule has 0 aromatic heterocycles. The number of benzene rings is 1. The molecule has 0 saturated heterocycles. The zero-order valence-corrected chi connectivity index (χ0v) is 11.1. The summed E-state index contributed by atoms with van der Waals surface area (Å²) >= 11 is 0. The maximum atomic E-state index is 11.8. The molecule has 0 spiro atoms. The molecule has 1 aliphatic heterocycles. The summed E-state index contributed by atoms with van der Waals surface area (Å²) in [6, 6.07) is 8.37. The van der Waals surface area contributed by atoms with E-state index in [1.807, 2.05) is 6.07 Å². The average molecular weight is 259 g/mol. The van der Waals surface area contributed by atoms with Gasteiger partial charge in [-0.05, 0) is 43.2 Å². The molecule has 1 heterocycles. The Morgan fingerprint density at radius 1 is 1.37 bits per heavy atom. The van der Waals surface area contributed by atoms with E-state index in [2.05, 4.69) is 23.1 Å². The number of hydrogen-bond acceptors (Lipinski definition) is 3. The Labute approximate surface area is 113 Å². The number of aryl methyl sites for hydroxylation is 1. The number of nitrogens with two attached hydrogens (primary N) is 2. The lowest BCUT2D eigenvalue weighted by atomic mass is 9.91. The monoisotopic (exact) mass is 259 g/mol. The van der Waals surface area contributed by atoms with Crippen LogP contribution < -0.4 is 16.4 Å². The molecule has 1 aromatic rings. The molecule has 1 aromatic carbocycles. The number of nitrogens with zero attached hydrogens (tertiary/aromatic N) is 1. The summed E-state index contributed by atoms with van der Waals surface area (Å²) in [6.07, 6.45) is 4.25. The molecule has 2 aliphatic rings. The van der Waals surface area contributed by atoms with Crippen LogP contribution in [-0.4, -0.2) is 24.5 Å². The summed E-state index contributed by atoms with van der Waals surface area (Å²) < 4.78 is 0. The van der Waals surface area contributed by atoms with Gasteiger partial charge in [-0.25, -0.2) is 0 Å². The van der Waals surface area contributed by atoms with Crippen LogP contribution in [-0.2, 0) is 11.2 Å². The molecule has 0 bridgehead atoms. The summed E-state index contributed by atoms with van der Waals surface area (Å²) in [5.41, 5.74) is 13.6. The molecule has 1 saturated carbocycles. The van der Waals surface area contributed by atoms with Gasteiger partial charge in [-0.15, -0.1) is 0 Å². The van der Waals surface area contributed by atoms with Gasteiger partial charge < -0.3 is 16.4 Å². The van der Waals surface area contributed by atoms with Crippen molar-refractivity contribution in [1.29, 1.82) is 0 Å². The van der Waals surface area contributed by atoms with Crippen molar-refractivity contribution in [3.8, 4) is 0 Å². The van der Waals surface area contributed by atoms with Crippen LogP contribution in [0.25, 0.3) is 0 Å². The Kier molecular flexibility index (Phi) is 2.97. The normalized spacial score (nSPS) is 21.6. The van der Waals surface area contributed by atoms with Crippen LogP contribution in [0.3, 0.4) is 0 Å². The lowest BCUT2D eigenvalue weighted by molar-refractivity contribution is -0.123. The molecule has 19 heavy (non-hydrogen) atoms. The highest BCUT2D eigenvalue weighted by atomic mass is 16.1. The summed E-state index contributed by atoms with van der Waals surface area (Å²) in [6.45, 7) is 1.50. The summed E-state index contributed by atoms with van der Waals surface area (Å²) in [5.74, 6) is -0.0999. The van der Waals surface area contributed by atoms with Gasteiger partial charge in [0.25, 0.3) is 0 Å². The number of hydrogen-bond donors (Lipinski definition) is 2. The predicted octanol–water partition coefficient (Wildman–Crippen LogP) is 1.03. The van der Waals surface area contributed by atoms with E-state index in [9.17, 15) is 4.79 Å². The molecule has 1 aliphatic carbocycles. The SMILES string of the molecule is NC(=O)C(N)(CN1CCCc2ccccc21)C1CC1. The van der Waals surface area contributed by atoms with E-state index in [-0.39, 0.29) is 11.8 Å². The van der Waals surface area contributed by atoms with Gasteiger partial charge in [0.15, 0.2) is 0 Å². The highest BCUT2D eigenvalue weighted by Crippen LogP contribution is 2.40. The van der Waals surface area contributed by atoms with Gasteiger partial charge in [0.05, 0.1) is 0 Å². The molecule has 4 heteroatoms. The molecule has 1 unspecified atom stereocenters. The maximum Gasteiger partial charge on any atom is 0.239 e. The van der Waals surface area contributed by atoms with E-state index < -0.39 is 5.54 Å². The second-order valence-electron chi connectivity index (χ2n) is 5.83. The number of fused-ring (bicyclic) bond motifs is 1. The van der Waals surface area contributed by atoms with Crippen LogP contribution in [0.5, 0.6) is 0 Å².